The van der Waals surface area contributed by atoms with Crippen molar-refractivity contribution in [3.8, 4) is 0 Å². The van der Waals surface area contributed by atoms with Gasteiger partial charge < -0.3 is 15.2 Å². The third-order valence-electron chi connectivity index (χ3n) is 4.19. The maximum absolute atomic E-state index is 12.0. The first-order valence-electron chi connectivity index (χ1n) is 8.23. The summed E-state index contributed by atoms with van der Waals surface area (Å²) >= 11 is 0. The van der Waals surface area contributed by atoms with Crippen LogP contribution in [0.3, 0.4) is 0 Å². The van der Waals surface area contributed by atoms with E-state index in [9.17, 15) is 9.59 Å². The summed E-state index contributed by atoms with van der Waals surface area (Å²) in [5.41, 5.74) is -0.522. The first-order chi connectivity index (χ1) is 10.3. The van der Waals surface area contributed by atoms with Crippen LogP contribution >= 0.6 is 0 Å². The van der Waals surface area contributed by atoms with Crippen LogP contribution in [0.2, 0.25) is 0 Å². The average molecular weight is 312 g/mol. The monoisotopic (exact) mass is 312 g/mol. The van der Waals surface area contributed by atoms with E-state index in [1.807, 2.05) is 20.8 Å². The lowest BCUT2D eigenvalue weighted by molar-refractivity contribution is -0.139. The Kier molecular flexibility index (Phi) is 5.32. The third-order valence-corrected chi connectivity index (χ3v) is 4.19. The Morgan fingerprint density at radius 2 is 1.82 bits per heavy atom. The van der Waals surface area contributed by atoms with Gasteiger partial charge in [0.15, 0.2) is 0 Å². The van der Waals surface area contributed by atoms with Gasteiger partial charge in [-0.3, -0.25) is 9.69 Å². The minimum absolute atomic E-state index is 0.0245. The zero-order valence-electron chi connectivity index (χ0n) is 13.8. The van der Waals surface area contributed by atoms with Gasteiger partial charge in [-0.15, -0.1) is 0 Å². The molecule has 22 heavy (non-hydrogen) atoms. The Bertz CT molecular complexity index is 415. The number of nitrogens with one attached hydrogen (secondary N) is 1. The molecule has 0 aliphatic heterocycles. The second kappa shape index (κ2) is 6.86. The molecule has 1 amide bonds. The fourth-order valence-electron chi connectivity index (χ4n) is 3.22. The van der Waals surface area contributed by atoms with Crippen LogP contribution in [0.25, 0.3) is 0 Å². The molecule has 6 nitrogen and oxygen atoms in total. The number of ether oxygens (including phenoxy) is 1. The van der Waals surface area contributed by atoms with Crippen molar-refractivity contribution in [1.29, 1.82) is 0 Å². The van der Waals surface area contributed by atoms with Crippen LogP contribution in [0.5, 0.6) is 0 Å². The smallest absolute Gasteiger partial charge is 0.407 e. The molecule has 2 unspecified atom stereocenters. The fourth-order valence-corrected chi connectivity index (χ4v) is 3.22. The highest BCUT2D eigenvalue weighted by atomic mass is 16.6. The summed E-state index contributed by atoms with van der Waals surface area (Å²) in [6.45, 7) is 5.57. The summed E-state index contributed by atoms with van der Waals surface area (Å²) in [4.78, 5) is 25.3. The van der Waals surface area contributed by atoms with E-state index in [0.29, 0.717) is 6.04 Å². The number of carboxylic acids is 1. The van der Waals surface area contributed by atoms with Gasteiger partial charge in [0, 0.05) is 18.1 Å². The molecule has 0 aromatic carbocycles. The van der Waals surface area contributed by atoms with Crippen molar-refractivity contribution < 1.29 is 19.4 Å². The van der Waals surface area contributed by atoms with Gasteiger partial charge in [-0.05, 0) is 46.5 Å². The fraction of sp³-hybridized carbons (Fsp3) is 0.875. The van der Waals surface area contributed by atoms with Crippen LogP contribution in [0.1, 0.15) is 59.3 Å². The number of amides is 1. The summed E-state index contributed by atoms with van der Waals surface area (Å²) in [6.07, 6.45) is 5.67. The number of alkyl carbamates (subject to hydrolysis) is 1. The topological polar surface area (TPSA) is 78.9 Å². The molecule has 126 valence electrons. The Morgan fingerprint density at radius 3 is 2.36 bits per heavy atom. The lowest BCUT2D eigenvalue weighted by Crippen LogP contribution is -2.55. The average Bonchev–Trinajstić information content (AvgIpc) is 3.18. The van der Waals surface area contributed by atoms with Crippen molar-refractivity contribution in [1.82, 2.24) is 10.2 Å². The van der Waals surface area contributed by atoms with Gasteiger partial charge in [0.1, 0.15) is 5.60 Å². The molecule has 2 saturated carbocycles. The number of hydrogen-bond donors (Lipinski definition) is 2. The number of rotatable bonds is 5. The van der Waals surface area contributed by atoms with Crippen molar-refractivity contribution in [2.45, 2.75) is 83.0 Å². The lowest BCUT2D eigenvalue weighted by atomic mass is 9.89. The first kappa shape index (κ1) is 17.1. The SMILES string of the molecule is CC(C)(C)OC(=O)NC1CCCCC1N(CC(=O)O)C1CC1. The van der Waals surface area contributed by atoms with Gasteiger partial charge in [0.2, 0.25) is 0 Å². The van der Waals surface area contributed by atoms with E-state index in [2.05, 4.69) is 10.2 Å². The second-order valence-electron chi connectivity index (χ2n) is 7.40. The Labute approximate surface area is 132 Å². The van der Waals surface area contributed by atoms with E-state index in [1.54, 1.807) is 0 Å². The van der Waals surface area contributed by atoms with Gasteiger partial charge in [-0.2, -0.15) is 0 Å². The summed E-state index contributed by atoms with van der Waals surface area (Å²) in [5, 5.41) is 12.1. The van der Waals surface area contributed by atoms with E-state index in [1.165, 1.54) is 0 Å². The van der Waals surface area contributed by atoms with Crippen LogP contribution in [0, 0.1) is 0 Å². The van der Waals surface area contributed by atoms with Crippen molar-refractivity contribution in [3.63, 3.8) is 0 Å². The van der Waals surface area contributed by atoms with E-state index >= 15 is 0 Å². The molecule has 0 radical (unpaired) electrons. The largest absolute Gasteiger partial charge is 0.480 e. The predicted molar refractivity (Wildman–Crippen MR) is 82.8 cm³/mol. The van der Waals surface area contributed by atoms with Crippen molar-refractivity contribution in [2.75, 3.05) is 6.54 Å². The quantitative estimate of drug-likeness (QED) is 0.815. The van der Waals surface area contributed by atoms with E-state index in [4.69, 9.17) is 9.84 Å². The number of carboxylic acid groups (broad SMARTS) is 1. The molecule has 2 aliphatic carbocycles. The van der Waals surface area contributed by atoms with Crippen LogP contribution in [-0.2, 0) is 9.53 Å². The number of hydrogen-bond acceptors (Lipinski definition) is 4. The molecule has 6 heteroatoms. The molecule has 0 aromatic heterocycles. The first-order valence-corrected chi connectivity index (χ1v) is 8.23. The highest BCUT2D eigenvalue weighted by molar-refractivity contribution is 5.69. The molecule has 0 bridgehead atoms. The molecule has 0 spiro atoms. The molecule has 2 aliphatic rings. The third kappa shape index (κ3) is 5.16. The number of carbonyl (C=O) groups excluding carboxylic acids is 1. The molecule has 0 heterocycles. The molecule has 2 rings (SSSR count). The minimum atomic E-state index is -0.798. The van der Waals surface area contributed by atoms with Gasteiger partial charge >= 0.3 is 12.1 Å². The Hall–Kier alpha value is -1.30. The summed E-state index contributed by atoms with van der Waals surface area (Å²) < 4.78 is 5.34. The molecule has 2 N–H and O–H groups in total. The maximum atomic E-state index is 12.0. The van der Waals surface area contributed by atoms with Gasteiger partial charge in [-0.1, -0.05) is 12.8 Å². The molecule has 2 fully saturated rings. The van der Waals surface area contributed by atoms with Crippen LogP contribution in [-0.4, -0.2) is 52.3 Å². The number of nitrogens with zero attached hydrogens (tertiary/aromatic N) is 1. The minimum Gasteiger partial charge on any atom is -0.480 e. The van der Waals surface area contributed by atoms with Gasteiger partial charge in [0.05, 0.1) is 6.54 Å². The molecule has 2 atom stereocenters. The number of aliphatic carboxylic acids is 1. The van der Waals surface area contributed by atoms with Crippen molar-refractivity contribution >= 4 is 12.1 Å². The zero-order chi connectivity index (χ0) is 16.3. The highest BCUT2D eigenvalue weighted by Gasteiger charge is 2.40. The molecule has 0 saturated heterocycles. The highest BCUT2D eigenvalue weighted by Crippen LogP contribution is 2.33. The second-order valence-corrected chi connectivity index (χ2v) is 7.40. The molecular weight excluding hydrogens is 284 g/mol. The lowest BCUT2D eigenvalue weighted by Gasteiger charge is -2.40. The predicted octanol–water partition coefficient (Wildman–Crippen LogP) is 2.37. The normalized spacial score (nSPS) is 25.8. The summed E-state index contributed by atoms with van der Waals surface area (Å²) in [7, 11) is 0. The van der Waals surface area contributed by atoms with Crippen molar-refractivity contribution in [3.05, 3.63) is 0 Å². The van der Waals surface area contributed by atoms with E-state index in [-0.39, 0.29) is 18.6 Å². The molecular formula is C16H28N2O4. The van der Waals surface area contributed by atoms with Crippen molar-refractivity contribution in [2.24, 2.45) is 0 Å². The van der Waals surface area contributed by atoms with Crippen LogP contribution in [0.15, 0.2) is 0 Å². The van der Waals surface area contributed by atoms with Gasteiger partial charge in [-0.25, -0.2) is 4.79 Å². The van der Waals surface area contributed by atoms with Gasteiger partial charge in [0.25, 0.3) is 0 Å². The Morgan fingerprint density at radius 1 is 1.18 bits per heavy atom. The summed E-state index contributed by atoms with van der Waals surface area (Å²) in [6, 6.07) is 0.440. The molecule has 0 aromatic rings. The number of carbonyl (C=O) groups is 2. The Balaban J connectivity index is 2.00. The standard InChI is InChI=1S/C16H28N2O4/c1-16(2,3)22-15(21)17-12-6-4-5-7-13(12)18(10-14(19)20)11-8-9-11/h11-13H,4-10H2,1-3H3,(H,17,21)(H,19,20). The summed E-state index contributed by atoms with van der Waals surface area (Å²) in [5.74, 6) is -0.798. The van der Waals surface area contributed by atoms with Crippen LogP contribution < -0.4 is 5.32 Å². The van der Waals surface area contributed by atoms with E-state index in [0.717, 1.165) is 38.5 Å². The zero-order valence-corrected chi connectivity index (χ0v) is 13.8. The maximum Gasteiger partial charge on any atom is 0.407 e. The van der Waals surface area contributed by atoms with Crippen LogP contribution in [0.4, 0.5) is 4.79 Å². The van der Waals surface area contributed by atoms with E-state index < -0.39 is 17.7 Å².